The normalized spacial score (nSPS) is 11.9. The third-order valence-electron chi connectivity index (χ3n) is 19.5. The van der Waals surface area contributed by atoms with Gasteiger partial charge in [0.25, 0.3) is 0 Å². The number of aromatic nitrogens is 8. The molecule has 0 amide bonds. The molecule has 16 rings (SSSR count). The maximum atomic E-state index is 11.6. The summed E-state index contributed by atoms with van der Waals surface area (Å²) in [6.45, 7) is 26.0. The Balaban J connectivity index is 0.000000154. The van der Waals surface area contributed by atoms with Crippen LogP contribution >= 0.6 is 15.9 Å². The molecular formula is C90H78BBrN8O4. The maximum Gasteiger partial charge on any atom is 0.488 e. The number of hydrogen-bond donors (Lipinski definition) is 6. The van der Waals surface area contributed by atoms with Crippen LogP contribution in [-0.4, -0.2) is 69.6 Å². The van der Waals surface area contributed by atoms with Gasteiger partial charge in [-0.3, -0.25) is 9.59 Å². The van der Waals surface area contributed by atoms with E-state index in [1.807, 2.05) is 24.3 Å². The second-order valence-electron chi connectivity index (χ2n) is 27.6. The molecule has 0 radical (unpaired) electrons. The molecule has 0 aliphatic carbocycles. The molecule has 0 atom stereocenters. The number of hydrogen-bond acceptors (Lipinski definition) is 8. The molecule has 14 heteroatoms. The van der Waals surface area contributed by atoms with E-state index < -0.39 is 7.12 Å². The van der Waals surface area contributed by atoms with Gasteiger partial charge in [-0.05, 0) is 286 Å². The second kappa shape index (κ2) is 28.6. The van der Waals surface area contributed by atoms with Gasteiger partial charge < -0.3 is 30.0 Å². The number of halogens is 1. The number of benzene rings is 6. The Morgan fingerprint density at radius 2 is 0.596 bits per heavy atom. The molecule has 4 aliphatic rings. The number of nitrogens with zero attached hydrogens (tertiary/aromatic N) is 4. The van der Waals surface area contributed by atoms with E-state index in [4.69, 9.17) is 30.0 Å². The number of aldehydes is 2. The van der Waals surface area contributed by atoms with Crippen molar-refractivity contribution in [1.82, 2.24) is 39.9 Å². The summed E-state index contributed by atoms with van der Waals surface area (Å²) in [5.74, 6) is 0. The molecule has 0 unspecified atom stereocenters. The van der Waals surface area contributed by atoms with Gasteiger partial charge in [0.1, 0.15) is 12.6 Å². The summed E-state index contributed by atoms with van der Waals surface area (Å²) in [6.07, 6.45) is 18.4. The SMILES string of the molecule is Cc1cc(C)c(-c2c3nc(c(-c4ccc(C=O)cc4)c4ccc([nH]4)c(-c4c(C)cc(C)cc4C)c4nc(cc5ccc2[nH]5)C=C4)C=C3)c(C)c1.Cc1cc(C)c(-c2c3nc(c(Br)c4nc(c(-c5c(C)cc(C)cc5C)c5ccc(cc6ccc2[nH]6)[nH]5)C=C4)C=C3)c(C)c1.O=Cc1ccc(B(O)O)cc1. The Bertz CT molecular complexity index is 5740. The van der Waals surface area contributed by atoms with Gasteiger partial charge in [-0.25, -0.2) is 19.9 Å². The van der Waals surface area contributed by atoms with E-state index in [-0.39, 0.29) is 0 Å². The molecular weight excluding hydrogens is 1350 g/mol. The predicted octanol–water partition coefficient (Wildman–Crippen LogP) is 21.1. The van der Waals surface area contributed by atoms with E-state index >= 15 is 0 Å². The number of aryl methyl sites for hydroxylation is 12. The summed E-state index contributed by atoms with van der Waals surface area (Å²) in [7, 11) is -1.46. The van der Waals surface area contributed by atoms with Crippen molar-refractivity contribution < 1.29 is 19.6 Å². The Labute approximate surface area is 613 Å². The van der Waals surface area contributed by atoms with Crippen molar-refractivity contribution in [1.29, 1.82) is 0 Å². The van der Waals surface area contributed by atoms with Gasteiger partial charge in [0, 0.05) is 83.1 Å². The first-order chi connectivity index (χ1) is 50.1. The average Bonchev–Trinajstić information content (AvgIpc) is 1.61. The van der Waals surface area contributed by atoms with Gasteiger partial charge >= 0.3 is 7.12 Å². The van der Waals surface area contributed by atoms with Crippen LogP contribution in [0.4, 0.5) is 0 Å². The molecule has 0 saturated heterocycles. The Morgan fingerprint density at radius 3 is 0.962 bits per heavy atom. The van der Waals surface area contributed by atoms with E-state index in [2.05, 4.69) is 277 Å². The molecule has 0 spiro atoms. The first kappa shape index (κ1) is 69.4. The van der Waals surface area contributed by atoms with Crippen LogP contribution in [0.1, 0.15) is 133 Å². The van der Waals surface area contributed by atoms with Crippen molar-refractivity contribution in [3.8, 4) is 55.6 Å². The van der Waals surface area contributed by atoms with Crippen molar-refractivity contribution in [3.63, 3.8) is 0 Å². The number of nitrogens with one attached hydrogen (secondary N) is 4. The molecule has 104 heavy (non-hydrogen) atoms. The maximum absolute atomic E-state index is 11.6. The number of carbonyl (C=O) groups excluding carboxylic acids is 2. The monoisotopic (exact) mass is 1420 g/mol. The van der Waals surface area contributed by atoms with Crippen LogP contribution in [0.15, 0.2) is 162 Å². The molecule has 12 nitrogen and oxygen atoms in total. The number of fused-ring (bicyclic) bond motifs is 16. The summed E-state index contributed by atoms with van der Waals surface area (Å²) in [5, 5.41) is 17.3. The van der Waals surface area contributed by atoms with E-state index in [9.17, 15) is 9.59 Å². The molecule has 16 bridgehead atoms. The Hall–Kier alpha value is -11.7. The fraction of sp³-hybridized carbons (Fsp3) is 0.133. The topological polar surface area (TPSA) is 189 Å². The number of rotatable bonds is 8. The van der Waals surface area contributed by atoms with Crippen molar-refractivity contribution in [3.05, 3.63) is 286 Å². The zero-order chi connectivity index (χ0) is 72.9. The van der Waals surface area contributed by atoms with Crippen LogP contribution in [0.25, 0.3) is 148 Å². The number of H-pyrrole nitrogens is 4. The van der Waals surface area contributed by atoms with Crippen molar-refractivity contribution >= 4 is 134 Å². The van der Waals surface area contributed by atoms with Gasteiger partial charge in [0.05, 0.1) is 50.0 Å². The lowest BCUT2D eigenvalue weighted by atomic mass is 9.80. The van der Waals surface area contributed by atoms with Crippen LogP contribution in [0.3, 0.4) is 0 Å². The largest absolute Gasteiger partial charge is 0.488 e. The van der Waals surface area contributed by atoms with Crippen molar-refractivity contribution in [2.24, 2.45) is 0 Å². The predicted molar refractivity (Wildman–Crippen MR) is 436 cm³/mol. The van der Waals surface area contributed by atoms with Crippen LogP contribution in [0.2, 0.25) is 0 Å². The standard InChI is InChI=1S/C45H38N4O.C38H33BrN4.C7H7BO3/c1-25-19-27(3)41(28(4)20-25)44-37-13-11-33(46-37)23-34-12-14-38(47-34)45(42-29(5)21-26(2)22-30(42)6)40-18-16-36(49-40)43(35-15-17-39(44)48-35)32-9-7-31(24-50)8-10-32;1-20-15-22(3)34(23(4)16-20)36-28-9-7-26(40-28)19-27-8-10-29(41-27)37(35-24(5)17-21(2)18-25(35)6)31-12-14-33(43-31)38(39)32-13-11-30(36)42-32;9-5-6-1-3-7(4-2-6)8(10)11/h7-24,46,49H,1-6H3;7-19,40-41H,1-6H3;1-5,10-11H. The minimum absolute atomic E-state index is 0.385. The molecule has 512 valence electrons. The summed E-state index contributed by atoms with van der Waals surface area (Å²) >= 11 is 3.88. The highest BCUT2D eigenvalue weighted by atomic mass is 79.9. The number of carbonyl (C=O) groups is 2. The average molecular weight is 1430 g/mol. The smallest absolute Gasteiger partial charge is 0.423 e. The van der Waals surface area contributed by atoms with Gasteiger partial charge in [0.15, 0.2) is 0 Å². The summed E-state index contributed by atoms with van der Waals surface area (Å²) < 4.78 is 0.873. The first-order valence-electron chi connectivity index (χ1n) is 34.8. The van der Waals surface area contributed by atoms with Crippen LogP contribution in [0.5, 0.6) is 0 Å². The molecule has 10 heterocycles. The minimum atomic E-state index is -1.46. The van der Waals surface area contributed by atoms with E-state index in [1.54, 1.807) is 0 Å². The lowest BCUT2D eigenvalue weighted by Crippen LogP contribution is -2.29. The zero-order valence-corrected chi connectivity index (χ0v) is 61.8. The van der Waals surface area contributed by atoms with Crippen molar-refractivity contribution in [2.75, 3.05) is 0 Å². The number of aromatic amines is 4. The van der Waals surface area contributed by atoms with Gasteiger partial charge in [-0.1, -0.05) is 119 Å². The minimum Gasteiger partial charge on any atom is -0.423 e. The Morgan fingerprint density at radius 1 is 0.308 bits per heavy atom. The fourth-order valence-corrected chi connectivity index (χ4v) is 15.8. The lowest BCUT2D eigenvalue weighted by Gasteiger charge is -2.13. The third kappa shape index (κ3) is 13.8. The summed E-state index contributed by atoms with van der Waals surface area (Å²) in [4.78, 5) is 57.6. The molecule has 12 aromatic rings. The van der Waals surface area contributed by atoms with Crippen LogP contribution in [-0.2, 0) is 0 Å². The molecule has 6 aromatic heterocycles. The van der Waals surface area contributed by atoms with E-state index in [1.165, 1.54) is 113 Å². The molecule has 0 saturated carbocycles. The van der Waals surface area contributed by atoms with Gasteiger partial charge in [-0.2, -0.15) is 0 Å². The molecule has 6 N–H and O–H groups in total. The summed E-state index contributed by atoms with van der Waals surface area (Å²) in [5.41, 5.74) is 42.3. The van der Waals surface area contributed by atoms with Crippen LogP contribution < -0.4 is 5.46 Å². The highest BCUT2D eigenvalue weighted by Gasteiger charge is 2.24. The zero-order valence-electron chi connectivity index (χ0n) is 60.2. The molecule has 4 aliphatic heterocycles. The van der Waals surface area contributed by atoms with E-state index in [0.717, 1.165) is 134 Å². The van der Waals surface area contributed by atoms with Crippen LogP contribution in [0, 0.1) is 83.1 Å². The molecule has 0 fully saturated rings. The summed E-state index contributed by atoms with van der Waals surface area (Å²) in [6, 6.07) is 53.1. The van der Waals surface area contributed by atoms with Gasteiger partial charge in [-0.15, -0.1) is 0 Å². The first-order valence-corrected chi connectivity index (χ1v) is 35.6. The highest BCUT2D eigenvalue weighted by molar-refractivity contribution is 9.10. The Kier molecular flexibility index (Phi) is 19.1. The highest BCUT2D eigenvalue weighted by Crippen LogP contribution is 2.43. The third-order valence-corrected chi connectivity index (χ3v) is 20.3. The quantitative estimate of drug-likeness (QED) is 0.0640. The molecule has 6 aromatic carbocycles. The van der Waals surface area contributed by atoms with Crippen molar-refractivity contribution in [2.45, 2.75) is 83.1 Å². The second-order valence-corrected chi connectivity index (χ2v) is 28.4. The lowest BCUT2D eigenvalue weighted by molar-refractivity contribution is 0.111. The van der Waals surface area contributed by atoms with Gasteiger partial charge in [0.2, 0.25) is 0 Å². The van der Waals surface area contributed by atoms with E-state index in [0.29, 0.717) is 22.9 Å². The fourth-order valence-electron chi connectivity index (χ4n) is 15.4.